The largest absolute Gasteiger partial charge is 0.478 e. The van der Waals surface area contributed by atoms with E-state index in [-0.39, 0.29) is 30.9 Å². The van der Waals surface area contributed by atoms with E-state index in [2.05, 4.69) is 16.9 Å². The summed E-state index contributed by atoms with van der Waals surface area (Å²) in [4.78, 5) is 36.1. The molecule has 1 amide bonds. The summed E-state index contributed by atoms with van der Waals surface area (Å²) in [6, 6.07) is 7.04. The maximum absolute atomic E-state index is 15.8. The highest BCUT2D eigenvalue weighted by molar-refractivity contribution is 6.03. The molecule has 3 aromatic rings. The Morgan fingerprint density at radius 3 is 2.31 bits per heavy atom. The van der Waals surface area contributed by atoms with Crippen molar-refractivity contribution in [2.45, 2.75) is 70.0 Å². The second kappa shape index (κ2) is 15.0. The molecule has 0 radical (unpaired) electrons. The molecule has 2 fully saturated rings. The molecule has 1 aromatic carbocycles. The topological polar surface area (TPSA) is 111 Å². The molecule has 2 aromatic heterocycles. The van der Waals surface area contributed by atoms with Gasteiger partial charge < -0.3 is 24.2 Å². The number of alkyl halides is 3. The lowest BCUT2D eigenvalue weighted by Crippen LogP contribution is -2.49. The van der Waals surface area contributed by atoms with Gasteiger partial charge in [-0.15, -0.1) is 0 Å². The average molecular weight is 674 g/mol. The number of methoxy groups -OCH3 is 2. The first kappa shape index (κ1) is 35.2. The third-order valence-corrected chi connectivity index (χ3v) is 8.85. The molecule has 5 rings (SSSR count). The molecule has 0 atom stereocenters. The fraction of sp³-hybridized carbons (Fsp3) is 0.486. The zero-order valence-electron chi connectivity index (χ0n) is 27.1. The van der Waals surface area contributed by atoms with Crippen LogP contribution in [0, 0.1) is 17.7 Å². The molecule has 9 nitrogen and oxygen atoms in total. The monoisotopic (exact) mass is 673 g/mol. The molecule has 0 unspecified atom stereocenters. The van der Waals surface area contributed by atoms with Crippen molar-refractivity contribution in [3.63, 3.8) is 0 Å². The fourth-order valence-corrected chi connectivity index (χ4v) is 6.17. The van der Waals surface area contributed by atoms with Gasteiger partial charge in [-0.3, -0.25) is 9.78 Å². The number of carboxylic acids is 1. The highest BCUT2D eigenvalue weighted by Crippen LogP contribution is 2.41. The third kappa shape index (κ3) is 8.30. The maximum Gasteiger partial charge on any atom is 0.421 e. The number of rotatable bonds is 13. The van der Waals surface area contributed by atoms with Crippen molar-refractivity contribution in [1.29, 1.82) is 0 Å². The number of aromatic nitrogens is 2. The number of carbonyl (C=O) groups excluding carboxylic acids is 1. The van der Waals surface area contributed by atoms with Gasteiger partial charge in [0.1, 0.15) is 5.56 Å². The summed E-state index contributed by atoms with van der Waals surface area (Å²) in [6.45, 7) is 1.99. The minimum absolute atomic E-state index is 0.0484. The second-order valence-corrected chi connectivity index (χ2v) is 12.6. The normalized spacial score (nSPS) is 18.2. The number of carboxylic acid groups (broad SMARTS) is 1. The summed E-state index contributed by atoms with van der Waals surface area (Å²) in [5.74, 6) is -4.53. The third-order valence-electron chi connectivity index (χ3n) is 8.85. The van der Waals surface area contributed by atoms with Gasteiger partial charge in [-0.25, -0.2) is 14.2 Å². The van der Waals surface area contributed by atoms with Crippen LogP contribution in [0.15, 0.2) is 42.6 Å². The van der Waals surface area contributed by atoms with Crippen molar-refractivity contribution in [3.05, 3.63) is 76.5 Å². The van der Waals surface area contributed by atoms with Crippen molar-refractivity contribution in [1.82, 2.24) is 9.97 Å². The number of aromatic carboxylic acids is 1. The Morgan fingerprint density at radius 1 is 1.02 bits per heavy atom. The lowest BCUT2D eigenvalue weighted by atomic mass is 9.82. The van der Waals surface area contributed by atoms with E-state index in [1.807, 2.05) is 12.1 Å². The first-order chi connectivity index (χ1) is 22.9. The summed E-state index contributed by atoms with van der Waals surface area (Å²) in [7, 11) is 2.81. The molecular weight excluding hydrogens is 634 g/mol. The van der Waals surface area contributed by atoms with Gasteiger partial charge >= 0.3 is 12.1 Å². The summed E-state index contributed by atoms with van der Waals surface area (Å²) in [5.41, 5.74) is -0.400. The van der Waals surface area contributed by atoms with Gasteiger partial charge in [-0.2, -0.15) is 13.2 Å². The molecule has 48 heavy (non-hydrogen) atoms. The van der Waals surface area contributed by atoms with Crippen LogP contribution in [-0.2, 0) is 26.9 Å². The van der Waals surface area contributed by atoms with Crippen LogP contribution in [0.1, 0.15) is 84.2 Å². The molecular formula is C35H39F4N3O6. The van der Waals surface area contributed by atoms with Crippen LogP contribution < -0.4 is 9.64 Å². The zero-order chi connectivity index (χ0) is 34.6. The van der Waals surface area contributed by atoms with Crippen LogP contribution in [0.4, 0.5) is 23.2 Å². The Morgan fingerprint density at radius 2 is 1.71 bits per heavy atom. The molecule has 1 N–H and O–H groups in total. The van der Waals surface area contributed by atoms with Crippen molar-refractivity contribution in [2.24, 2.45) is 11.8 Å². The minimum Gasteiger partial charge on any atom is -0.478 e. The lowest BCUT2D eigenvalue weighted by molar-refractivity contribution is -0.139. The predicted octanol–water partition coefficient (Wildman–Crippen LogP) is 7.41. The van der Waals surface area contributed by atoms with Crippen LogP contribution in [0.25, 0.3) is 0 Å². The standard InChI is InChI=1S/C35H39F4N3O6/c1-20-7-9-23(10-8-20)33(43)42(25(18-46-2)19-47-3)30-16-28(36)31(15-26(30)34(44)45)48-32-27(35(37,38)39)14-21(17-40-32)13-24-5-4-6-29(41-24)22-11-12-22/h4-6,14-17,20,22-23,25H,7-13,18-19H2,1-3H3,(H,44,45). The number of benzene rings is 1. The first-order valence-corrected chi connectivity index (χ1v) is 16.0. The highest BCUT2D eigenvalue weighted by atomic mass is 19.4. The van der Waals surface area contributed by atoms with E-state index in [1.54, 1.807) is 6.07 Å². The van der Waals surface area contributed by atoms with Crippen LogP contribution in [0.2, 0.25) is 0 Å². The van der Waals surface area contributed by atoms with Crippen molar-refractivity contribution in [2.75, 3.05) is 32.3 Å². The van der Waals surface area contributed by atoms with Crippen LogP contribution in [0.3, 0.4) is 0 Å². The molecule has 2 aliphatic carbocycles. The quantitative estimate of drug-likeness (QED) is 0.187. The smallest absolute Gasteiger partial charge is 0.421 e. The molecule has 258 valence electrons. The molecule has 0 saturated heterocycles. The number of carbonyl (C=O) groups is 2. The molecule has 2 saturated carbocycles. The molecule has 2 aliphatic rings. The molecule has 13 heteroatoms. The molecule has 0 spiro atoms. The van der Waals surface area contributed by atoms with E-state index in [0.717, 1.165) is 49.6 Å². The zero-order valence-corrected chi connectivity index (χ0v) is 27.1. The SMILES string of the molecule is COCC(COC)N(C(=O)C1CCC(C)CC1)c1cc(F)c(Oc2ncc(Cc3cccc(C4CC4)n3)cc2C(F)(F)F)cc1C(=O)O. The van der Waals surface area contributed by atoms with Crippen LogP contribution in [0.5, 0.6) is 11.6 Å². The molecule has 2 heterocycles. The van der Waals surface area contributed by atoms with E-state index in [0.29, 0.717) is 30.4 Å². The summed E-state index contributed by atoms with van der Waals surface area (Å²) in [5, 5.41) is 10.2. The number of hydrogen-bond acceptors (Lipinski definition) is 7. The Kier molecular flexibility index (Phi) is 11.0. The first-order valence-electron chi connectivity index (χ1n) is 16.0. The van der Waals surface area contributed by atoms with Crippen molar-refractivity contribution in [3.8, 4) is 11.6 Å². The van der Waals surface area contributed by atoms with E-state index >= 15 is 4.39 Å². The number of anilines is 1. The fourth-order valence-electron chi connectivity index (χ4n) is 6.17. The van der Waals surface area contributed by atoms with Gasteiger partial charge in [-0.1, -0.05) is 13.0 Å². The Balaban J connectivity index is 1.50. The van der Waals surface area contributed by atoms with Gasteiger partial charge in [0.2, 0.25) is 11.8 Å². The van der Waals surface area contributed by atoms with Crippen LogP contribution >= 0.6 is 0 Å². The van der Waals surface area contributed by atoms with Gasteiger partial charge in [0.25, 0.3) is 0 Å². The second-order valence-electron chi connectivity index (χ2n) is 12.6. The Hall–Kier alpha value is -4.10. The predicted molar refractivity (Wildman–Crippen MR) is 168 cm³/mol. The summed E-state index contributed by atoms with van der Waals surface area (Å²) < 4.78 is 74.5. The van der Waals surface area contributed by atoms with E-state index in [9.17, 15) is 27.9 Å². The van der Waals surface area contributed by atoms with Gasteiger partial charge in [0.15, 0.2) is 11.6 Å². The molecule has 0 bridgehead atoms. The lowest BCUT2D eigenvalue weighted by Gasteiger charge is -2.36. The Bertz CT molecular complexity index is 1620. The van der Waals surface area contributed by atoms with Crippen molar-refractivity contribution >= 4 is 17.6 Å². The number of pyridine rings is 2. The number of ether oxygens (including phenoxy) is 3. The van der Waals surface area contributed by atoms with Crippen LogP contribution in [-0.4, -0.2) is 60.4 Å². The van der Waals surface area contributed by atoms with Gasteiger partial charge in [0.05, 0.1) is 30.5 Å². The van der Waals surface area contributed by atoms with Gasteiger partial charge in [-0.05, 0) is 68.2 Å². The van der Waals surface area contributed by atoms with Crippen molar-refractivity contribution < 1.29 is 46.5 Å². The number of amides is 1. The summed E-state index contributed by atoms with van der Waals surface area (Å²) >= 11 is 0. The maximum atomic E-state index is 15.8. The number of hydrogen-bond donors (Lipinski definition) is 1. The minimum atomic E-state index is -4.93. The average Bonchev–Trinajstić information content (AvgIpc) is 3.89. The number of nitrogens with zero attached hydrogens (tertiary/aromatic N) is 3. The van der Waals surface area contributed by atoms with E-state index < -0.39 is 58.6 Å². The highest BCUT2D eigenvalue weighted by Gasteiger charge is 2.38. The van der Waals surface area contributed by atoms with E-state index in [4.69, 9.17) is 14.2 Å². The van der Waals surface area contributed by atoms with E-state index in [1.165, 1.54) is 25.3 Å². The van der Waals surface area contributed by atoms with Gasteiger partial charge in [0, 0.05) is 62.2 Å². The Labute approximate surface area is 276 Å². The number of halogens is 4. The summed E-state index contributed by atoms with van der Waals surface area (Å²) in [6.07, 6.45) is 1.13. The molecule has 0 aliphatic heterocycles.